The zero-order chi connectivity index (χ0) is 18.7. The van der Waals surface area contributed by atoms with Crippen LogP contribution >= 0.6 is 0 Å². The number of para-hydroxylation sites is 1. The van der Waals surface area contributed by atoms with Crippen LogP contribution in [-0.4, -0.2) is 35.1 Å². The van der Waals surface area contributed by atoms with Crippen LogP contribution in [0.1, 0.15) is 10.5 Å². The van der Waals surface area contributed by atoms with Gasteiger partial charge in [-0.15, -0.1) is 0 Å². The monoisotopic (exact) mass is 354 g/mol. The maximum absolute atomic E-state index is 12.3. The number of hydrogen-bond acceptors (Lipinski definition) is 6. The number of carbonyl (C=O) groups is 2. The topological polar surface area (TPSA) is 108 Å². The number of nitrogens with zero attached hydrogens (tertiary/aromatic N) is 2. The molecule has 0 fully saturated rings. The number of aromatic nitrogens is 2. The second kappa shape index (κ2) is 7.14. The Balaban J connectivity index is 1.91. The van der Waals surface area contributed by atoms with Crippen molar-refractivity contribution in [3.05, 3.63) is 48.3 Å². The first-order valence-electron chi connectivity index (χ1n) is 7.81. The molecule has 0 radical (unpaired) electrons. The fourth-order valence-corrected chi connectivity index (χ4v) is 2.63. The van der Waals surface area contributed by atoms with E-state index in [0.717, 1.165) is 0 Å². The van der Waals surface area contributed by atoms with E-state index in [0.29, 0.717) is 22.5 Å². The Kier molecular flexibility index (Phi) is 4.74. The van der Waals surface area contributed by atoms with E-state index in [4.69, 9.17) is 15.2 Å². The molecule has 0 unspecified atom stereocenters. The summed E-state index contributed by atoms with van der Waals surface area (Å²) >= 11 is 0. The summed E-state index contributed by atoms with van der Waals surface area (Å²) in [6, 6.07) is 10.6. The van der Waals surface area contributed by atoms with E-state index in [2.05, 4.69) is 10.3 Å². The third-order valence-corrected chi connectivity index (χ3v) is 3.80. The number of ether oxygens (including phenoxy) is 2. The standard InChI is InChI=1S/C18H18N4O4/c1-22-16(18(24)25-2)15(13-8-11(19)9-20-17(13)22)21-14(23)10-26-12-6-4-3-5-7-12/h3-9H,10,19H2,1-2H3,(H,21,23). The van der Waals surface area contributed by atoms with Crippen LogP contribution in [0.3, 0.4) is 0 Å². The number of hydrogen-bond donors (Lipinski definition) is 2. The van der Waals surface area contributed by atoms with Crippen LogP contribution in [0, 0.1) is 0 Å². The molecule has 26 heavy (non-hydrogen) atoms. The van der Waals surface area contributed by atoms with Crippen molar-refractivity contribution in [2.45, 2.75) is 0 Å². The molecule has 2 aromatic heterocycles. The van der Waals surface area contributed by atoms with Gasteiger partial charge in [-0.3, -0.25) is 4.79 Å². The number of nitrogens with two attached hydrogens (primary N) is 1. The van der Waals surface area contributed by atoms with Crippen LogP contribution in [0.15, 0.2) is 42.6 Å². The van der Waals surface area contributed by atoms with Crippen LogP contribution in [-0.2, 0) is 16.6 Å². The van der Waals surface area contributed by atoms with Crippen LogP contribution in [0.5, 0.6) is 5.75 Å². The smallest absolute Gasteiger partial charge is 0.356 e. The fraction of sp³-hybridized carbons (Fsp3) is 0.167. The highest BCUT2D eigenvalue weighted by atomic mass is 16.5. The zero-order valence-electron chi connectivity index (χ0n) is 14.4. The Morgan fingerprint density at radius 1 is 1.27 bits per heavy atom. The van der Waals surface area contributed by atoms with Gasteiger partial charge in [0.2, 0.25) is 0 Å². The Morgan fingerprint density at radius 3 is 2.69 bits per heavy atom. The van der Waals surface area contributed by atoms with Crippen LogP contribution in [0.25, 0.3) is 11.0 Å². The highest BCUT2D eigenvalue weighted by molar-refractivity contribution is 6.11. The average molecular weight is 354 g/mol. The van der Waals surface area contributed by atoms with E-state index in [1.165, 1.54) is 13.3 Å². The molecule has 0 aliphatic rings. The van der Waals surface area contributed by atoms with Gasteiger partial charge in [0.05, 0.1) is 24.7 Å². The van der Waals surface area contributed by atoms with Gasteiger partial charge in [0.25, 0.3) is 5.91 Å². The summed E-state index contributed by atoms with van der Waals surface area (Å²) in [6.07, 6.45) is 1.48. The lowest BCUT2D eigenvalue weighted by Crippen LogP contribution is -2.22. The SMILES string of the molecule is COC(=O)c1c(NC(=O)COc2ccccc2)c2cc(N)cnc2n1C. The van der Waals surface area contributed by atoms with E-state index in [1.54, 1.807) is 29.8 Å². The van der Waals surface area contributed by atoms with Crippen molar-refractivity contribution in [3.63, 3.8) is 0 Å². The lowest BCUT2D eigenvalue weighted by Gasteiger charge is -2.09. The zero-order valence-corrected chi connectivity index (χ0v) is 14.4. The number of pyridine rings is 1. The van der Waals surface area contributed by atoms with Crippen molar-refractivity contribution in [1.82, 2.24) is 9.55 Å². The molecule has 134 valence electrons. The number of rotatable bonds is 5. The van der Waals surface area contributed by atoms with E-state index in [-0.39, 0.29) is 18.0 Å². The molecular weight excluding hydrogens is 336 g/mol. The highest BCUT2D eigenvalue weighted by Crippen LogP contribution is 2.31. The first-order valence-corrected chi connectivity index (χ1v) is 7.81. The average Bonchev–Trinajstić information content (AvgIpc) is 2.91. The lowest BCUT2D eigenvalue weighted by molar-refractivity contribution is -0.118. The molecule has 0 spiro atoms. The molecule has 0 aliphatic heterocycles. The van der Waals surface area contributed by atoms with Gasteiger partial charge in [0.15, 0.2) is 12.3 Å². The molecular formula is C18H18N4O4. The first-order chi connectivity index (χ1) is 12.5. The van der Waals surface area contributed by atoms with Crippen molar-refractivity contribution < 1.29 is 19.1 Å². The van der Waals surface area contributed by atoms with Gasteiger partial charge in [-0.1, -0.05) is 18.2 Å². The summed E-state index contributed by atoms with van der Waals surface area (Å²) in [5.41, 5.74) is 7.17. The molecule has 0 saturated carbocycles. The predicted octanol–water partition coefficient (Wildman–Crippen LogP) is 1.96. The summed E-state index contributed by atoms with van der Waals surface area (Å²) in [4.78, 5) is 28.8. The second-order valence-electron chi connectivity index (χ2n) is 5.56. The summed E-state index contributed by atoms with van der Waals surface area (Å²) in [5.74, 6) is -0.447. The number of benzene rings is 1. The van der Waals surface area contributed by atoms with Crippen molar-refractivity contribution in [2.75, 3.05) is 24.8 Å². The molecule has 3 N–H and O–H groups in total. The molecule has 2 heterocycles. The van der Waals surface area contributed by atoms with Gasteiger partial charge in [-0.2, -0.15) is 0 Å². The number of amides is 1. The minimum atomic E-state index is -0.594. The minimum absolute atomic E-state index is 0.175. The van der Waals surface area contributed by atoms with Gasteiger partial charge in [0.1, 0.15) is 11.4 Å². The number of esters is 1. The molecule has 0 aliphatic carbocycles. The minimum Gasteiger partial charge on any atom is -0.484 e. The van der Waals surface area contributed by atoms with Crippen molar-refractivity contribution in [2.24, 2.45) is 7.05 Å². The van der Waals surface area contributed by atoms with E-state index in [1.807, 2.05) is 18.2 Å². The number of nitrogen functional groups attached to an aromatic ring is 1. The van der Waals surface area contributed by atoms with E-state index in [9.17, 15) is 9.59 Å². The maximum Gasteiger partial charge on any atom is 0.356 e. The fourth-order valence-electron chi connectivity index (χ4n) is 2.63. The highest BCUT2D eigenvalue weighted by Gasteiger charge is 2.24. The number of fused-ring (bicyclic) bond motifs is 1. The van der Waals surface area contributed by atoms with Gasteiger partial charge < -0.3 is 25.1 Å². The molecule has 1 amide bonds. The Bertz CT molecular complexity index is 966. The summed E-state index contributed by atoms with van der Waals surface area (Å²) in [7, 11) is 2.93. The van der Waals surface area contributed by atoms with Crippen LogP contribution < -0.4 is 15.8 Å². The number of carbonyl (C=O) groups excluding carboxylic acids is 2. The Morgan fingerprint density at radius 2 is 2.00 bits per heavy atom. The first kappa shape index (κ1) is 17.3. The molecule has 0 bridgehead atoms. The molecule has 3 aromatic rings. The van der Waals surface area contributed by atoms with Crippen molar-refractivity contribution >= 4 is 34.3 Å². The summed E-state index contributed by atoms with van der Waals surface area (Å²) in [5, 5.41) is 3.25. The number of anilines is 2. The van der Waals surface area contributed by atoms with Gasteiger partial charge >= 0.3 is 5.97 Å². The Hall–Kier alpha value is -3.55. The normalized spacial score (nSPS) is 10.5. The number of aryl methyl sites for hydroxylation is 1. The van der Waals surface area contributed by atoms with Crippen LogP contribution in [0.2, 0.25) is 0 Å². The second-order valence-corrected chi connectivity index (χ2v) is 5.56. The summed E-state index contributed by atoms with van der Waals surface area (Å²) < 4.78 is 11.8. The third kappa shape index (κ3) is 3.30. The maximum atomic E-state index is 12.3. The van der Waals surface area contributed by atoms with Crippen molar-refractivity contribution in [3.8, 4) is 5.75 Å². The third-order valence-electron chi connectivity index (χ3n) is 3.80. The van der Waals surface area contributed by atoms with E-state index >= 15 is 0 Å². The Labute approximate surface area is 149 Å². The molecule has 0 saturated heterocycles. The van der Waals surface area contributed by atoms with Gasteiger partial charge in [-0.05, 0) is 18.2 Å². The molecule has 3 rings (SSSR count). The lowest BCUT2D eigenvalue weighted by atomic mass is 10.2. The van der Waals surface area contributed by atoms with Crippen molar-refractivity contribution in [1.29, 1.82) is 0 Å². The summed E-state index contributed by atoms with van der Waals surface area (Å²) in [6.45, 7) is -0.212. The number of methoxy groups -OCH3 is 1. The molecule has 1 aromatic carbocycles. The number of nitrogens with one attached hydrogen (secondary N) is 1. The predicted molar refractivity (Wildman–Crippen MR) is 97.0 cm³/mol. The molecule has 8 nitrogen and oxygen atoms in total. The van der Waals surface area contributed by atoms with Gasteiger partial charge in [0, 0.05) is 12.4 Å². The molecule has 8 heteroatoms. The van der Waals surface area contributed by atoms with Crippen LogP contribution in [0.4, 0.5) is 11.4 Å². The van der Waals surface area contributed by atoms with Gasteiger partial charge in [-0.25, -0.2) is 9.78 Å². The largest absolute Gasteiger partial charge is 0.484 e. The quantitative estimate of drug-likeness (QED) is 0.678. The molecule has 0 atom stereocenters. The van der Waals surface area contributed by atoms with E-state index < -0.39 is 11.9 Å².